The van der Waals surface area contributed by atoms with E-state index in [9.17, 15) is 14.7 Å². The molecule has 0 aromatic carbocycles. The quantitative estimate of drug-likeness (QED) is 0.277. The summed E-state index contributed by atoms with van der Waals surface area (Å²) in [6, 6.07) is 0. The molecule has 0 aliphatic carbocycles. The van der Waals surface area contributed by atoms with Gasteiger partial charge in [0.2, 0.25) is 0 Å². The van der Waals surface area contributed by atoms with Crippen molar-refractivity contribution >= 4 is 11.8 Å². The first-order valence-electron chi connectivity index (χ1n) is 9.75. The lowest BCUT2D eigenvalue weighted by molar-refractivity contribution is -0.142. The van der Waals surface area contributed by atoms with Crippen molar-refractivity contribution in [1.29, 1.82) is 0 Å². The standard InChI is InChI=1S/C20H34O5/c1-15(2)12-10-8-6-4-3-5-7-9-11-13-16(22)18-19(23)17(14-21)25-20(18)24/h15,17,21,23H,3-14H2,1-2H3. The highest BCUT2D eigenvalue weighted by Crippen LogP contribution is 2.23. The van der Waals surface area contributed by atoms with Gasteiger partial charge in [-0.1, -0.05) is 71.6 Å². The summed E-state index contributed by atoms with van der Waals surface area (Å²) in [6.45, 7) is 4.03. The van der Waals surface area contributed by atoms with Gasteiger partial charge in [0.05, 0.1) is 6.61 Å². The molecule has 5 heteroatoms. The van der Waals surface area contributed by atoms with Crippen LogP contribution in [0.5, 0.6) is 0 Å². The van der Waals surface area contributed by atoms with Crippen LogP contribution in [0.3, 0.4) is 0 Å². The number of cyclic esters (lactones) is 1. The van der Waals surface area contributed by atoms with E-state index in [1.165, 1.54) is 44.9 Å². The van der Waals surface area contributed by atoms with Crippen LogP contribution in [-0.4, -0.2) is 34.7 Å². The van der Waals surface area contributed by atoms with E-state index in [0.717, 1.165) is 18.8 Å². The largest absolute Gasteiger partial charge is 0.507 e. The predicted octanol–water partition coefficient (Wildman–Crippen LogP) is 4.23. The summed E-state index contributed by atoms with van der Waals surface area (Å²) in [5.41, 5.74) is -0.277. The minimum atomic E-state index is -1.08. The summed E-state index contributed by atoms with van der Waals surface area (Å²) in [7, 11) is 0. The number of unbranched alkanes of at least 4 members (excludes halogenated alkanes) is 8. The van der Waals surface area contributed by atoms with Gasteiger partial charge in [-0.2, -0.15) is 0 Å². The molecule has 0 amide bonds. The van der Waals surface area contributed by atoms with E-state index < -0.39 is 24.4 Å². The third-order valence-electron chi connectivity index (χ3n) is 4.64. The van der Waals surface area contributed by atoms with Crippen molar-refractivity contribution in [3.63, 3.8) is 0 Å². The Morgan fingerprint density at radius 1 is 1.00 bits per heavy atom. The van der Waals surface area contributed by atoms with Crippen LogP contribution in [0.15, 0.2) is 11.3 Å². The molecule has 0 saturated heterocycles. The molecule has 1 heterocycles. The Kier molecular flexibility index (Phi) is 10.5. The molecule has 0 bridgehead atoms. The average molecular weight is 354 g/mol. The average Bonchev–Trinajstić information content (AvgIpc) is 2.86. The van der Waals surface area contributed by atoms with Gasteiger partial charge in [-0.05, 0) is 12.3 Å². The minimum Gasteiger partial charge on any atom is -0.507 e. The Morgan fingerprint density at radius 3 is 2.00 bits per heavy atom. The van der Waals surface area contributed by atoms with E-state index in [2.05, 4.69) is 13.8 Å². The number of aliphatic hydroxyl groups excluding tert-OH is 2. The van der Waals surface area contributed by atoms with Crippen LogP contribution in [0, 0.1) is 5.92 Å². The summed E-state index contributed by atoms with van der Waals surface area (Å²) >= 11 is 0. The highest BCUT2D eigenvalue weighted by molar-refractivity contribution is 6.19. The fraction of sp³-hybridized carbons (Fsp3) is 0.800. The second kappa shape index (κ2) is 12.1. The lowest BCUT2D eigenvalue weighted by Gasteiger charge is -2.04. The zero-order valence-electron chi connectivity index (χ0n) is 15.8. The molecular weight excluding hydrogens is 320 g/mol. The fourth-order valence-corrected chi connectivity index (χ4v) is 3.09. The monoisotopic (exact) mass is 354 g/mol. The van der Waals surface area contributed by atoms with E-state index in [4.69, 9.17) is 9.84 Å². The number of aliphatic hydroxyl groups is 2. The number of carbonyl (C=O) groups excluding carboxylic acids is 2. The van der Waals surface area contributed by atoms with Crippen molar-refractivity contribution < 1.29 is 24.5 Å². The number of esters is 1. The number of hydrogen-bond donors (Lipinski definition) is 2. The number of Topliss-reactive ketones (excluding diaryl/α,β-unsaturated/α-hetero) is 1. The Morgan fingerprint density at radius 2 is 1.52 bits per heavy atom. The summed E-state index contributed by atoms with van der Waals surface area (Å²) in [6.07, 6.45) is 10.9. The third kappa shape index (κ3) is 8.04. The van der Waals surface area contributed by atoms with Gasteiger partial charge in [0.1, 0.15) is 5.57 Å². The smallest absolute Gasteiger partial charge is 0.346 e. The first-order valence-corrected chi connectivity index (χ1v) is 9.75. The molecule has 0 fully saturated rings. The van der Waals surface area contributed by atoms with Gasteiger partial charge in [-0.3, -0.25) is 4.79 Å². The van der Waals surface area contributed by atoms with Crippen LogP contribution < -0.4 is 0 Å². The minimum absolute atomic E-state index is 0.238. The number of rotatable bonds is 14. The van der Waals surface area contributed by atoms with Crippen molar-refractivity contribution in [2.75, 3.05) is 6.61 Å². The molecule has 0 aromatic heterocycles. The maximum absolute atomic E-state index is 12.0. The summed E-state index contributed by atoms with van der Waals surface area (Å²) in [4.78, 5) is 23.6. The van der Waals surface area contributed by atoms with E-state index in [0.29, 0.717) is 6.42 Å². The molecule has 1 rings (SSSR count). The van der Waals surface area contributed by atoms with Crippen LogP contribution in [0.4, 0.5) is 0 Å². The molecule has 0 radical (unpaired) electrons. The van der Waals surface area contributed by atoms with Gasteiger partial charge in [-0.15, -0.1) is 0 Å². The Hall–Kier alpha value is -1.36. The highest BCUT2D eigenvalue weighted by atomic mass is 16.6. The van der Waals surface area contributed by atoms with Gasteiger partial charge >= 0.3 is 5.97 Å². The van der Waals surface area contributed by atoms with Gasteiger partial charge in [0.25, 0.3) is 0 Å². The lowest BCUT2D eigenvalue weighted by atomic mass is 10.0. The molecule has 2 N–H and O–H groups in total. The van der Waals surface area contributed by atoms with Crippen LogP contribution in [0.25, 0.3) is 0 Å². The molecule has 1 aliphatic rings. The summed E-state index contributed by atoms with van der Waals surface area (Å²) < 4.78 is 4.74. The van der Waals surface area contributed by atoms with Crippen molar-refractivity contribution in [1.82, 2.24) is 0 Å². The fourth-order valence-electron chi connectivity index (χ4n) is 3.09. The molecule has 25 heavy (non-hydrogen) atoms. The lowest BCUT2D eigenvalue weighted by Crippen LogP contribution is -2.15. The maximum atomic E-state index is 12.0. The van der Waals surface area contributed by atoms with Gasteiger partial charge in [0.15, 0.2) is 17.6 Å². The molecule has 0 aromatic rings. The van der Waals surface area contributed by atoms with Crippen LogP contribution in [0.1, 0.15) is 84.5 Å². The van der Waals surface area contributed by atoms with Crippen LogP contribution >= 0.6 is 0 Å². The molecule has 1 unspecified atom stereocenters. The topological polar surface area (TPSA) is 83.8 Å². The second-order valence-electron chi connectivity index (χ2n) is 7.37. The van der Waals surface area contributed by atoms with Gasteiger partial charge < -0.3 is 14.9 Å². The Labute approximate surface area is 151 Å². The zero-order chi connectivity index (χ0) is 18.7. The molecule has 0 spiro atoms. The third-order valence-corrected chi connectivity index (χ3v) is 4.64. The second-order valence-corrected chi connectivity index (χ2v) is 7.37. The summed E-state index contributed by atoms with van der Waals surface area (Å²) in [5, 5.41) is 18.7. The van der Waals surface area contributed by atoms with Crippen molar-refractivity contribution in [3.8, 4) is 0 Å². The van der Waals surface area contributed by atoms with Crippen molar-refractivity contribution in [3.05, 3.63) is 11.3 Å². The molecular formula is C20H34O5. The molecule has 1 aliphatic heterocycles. The van der Waals surface area contributed by atoms with E-state index in [1.807, 2.05) is 0 Å². The molecule has 5 nitrogen and oxygen atoms in total. The van der Waals surface area contributed by atoms with Crippen molar-refractivity contribution in [2.45, 2.75) is 90.6 Å². The zero-order valence-corrected chi connectivity index (χ0v) is 15.8. The predicted molar refractivity (Wildman–Crippen MR) is 97.3 cm³/mol. The normalized spacial score (nSPS) is 17.4. The first kappa shape index (κ1) is 21.7. The molecule has 0 saturated carbocycles. The Bertz CT molecular complexity index is 453. The SMILES string of the molecule is CC(C)CCCCCCCCCCCC(=O)C1=C(O)C(CO)OC1=O. The van der Waals surface area contributed by atoms with Gasteiger partial charge in [-0.25, -0.2) is 4.79 Å². The Balaban J connectivity index is 2.04. The summed E-state index contributed by atoms with van der Waals surface area (Å²) in [5.74, 6) is -0.821. The number of hydrogen-bond acceptors (Lipinski definition) is 5. The van der Waals surface area contributed by atoms with Crippen molar-refractivity contribution in [2.24, 2.45) is 5.92 Å². The number of ketones is 1. The maximum Gasteiger partial charge on any atom is 0.346 e. The van der Waals surface area contributed by atoms with Gasteiger partial charge in [0, 0.05) is 6.42 Å². The van der Waals surface area contributed by atoms with E-state index in [-0.39, 0.29) is 17.8 Å². The molecule has 1 atom stereocenters. The highest BCUT2D eigenvalue weighted by Gasteiger charge is 2.37. The number of ether oxygens (including phenoxy) is 1. The van der Waals surface area contributed by atoms with E-state index >= 15 is 0 Å². The van der Waals surface area contributed by atoms with Crippen LogP contribution in [0.2, 0.25) is 0 Å². The number of carbonyl (C=O) groups is 2. The van der Waals surface area contributed by atoms with E-state index in [1.54, 1.807) is 0 Å². The molecule has 144 valence electrons. The first-order chi connectivity index (χ1) is 12.0. The van der Waals surface area contributed by atoms with Crippen LogP contribution in [-0.2, 0) is 14.3 Å².